The zero-order chi connectivity index (χ0) is 13.1. The van der Waals surface area contributed by atoms with Gasteiger partial charge in [0.25, 0.3) is 0 Å². The molecule has 5 heteroatoms. The maximum Gasteiger partial charge on any atom is 0.231 e. The number of aromatic nitrogens is 2. The SMILES string of the molecule is Nc1ccccc1Cc1nc(CC2CCOC2)no1. The lowest BCUT2D eigenvalue weighted by atomic mass is 10.1. The van der Waals surface area contributed by atoms with Crippen molar-refractivity contribution in [2.75, 3.05) is 18.9 Å². The third kappa shape index (κ3) is 2.93. The quantitative estimate of drug-likeness (QED) is 0.848. The summed E-state index contributed by atoms with van der Waals surface area (Å²) >= 11 is 0. The van der Waals surface area contributed by atoms with E-state index in [1.807, 2.05) is 24.3 Å². The molecule has 0 saturated carbocycles. The zero-order valence-corrected chi connectivity index (χ0v) is 10.7. The Morgan fingerprint density at radius 2 is 2.21 bits per heavy atom. The van der Waals surface area contributed by atoms with Crippen LogP contribution in [0.2, 0.25) is 0 Å². The Morgan fingerprint density at radius 3 is 3.00 bits per heavy atom. The molecule has 19 heavy (non-hydrogen) atoms. The summed E-state index contributed by atoms with van der Waals surface area (Å²) in [5.74, 6) is 1.90. The molecular formula is C14H17N3O2. The monoisotopic (exact) mass is 259 g/mol. The van der Waals surface area contributed by atoms with Crippen molar-refractivity contribution < 1.29 is 9.26 Å². The highest BCUT2D eigenvalue weighted by Gasteiger charge is 2.19. The molecule has 1 aliphatic rings. The van der Waals surface area contributed by atoms with Crippen LogP contribution in [0.25, 0.3) is 0 Å². The van der Waals surface area contributed by atoms with Crippen molar-refractivity contribution in [2.24, 2.45) is 5.92 Å². The second kappa shape index (κ2) is 5.40. The van der Waals surface area contributed by atoms with Crippen molar-refractivity contribution in [3.8, 4) is 0 Å². The first-order valence-corrected chi connectivity index (χ1v) is 6.54. The maximum atomic E-state index is 5.90. The van der Waals surface area contributed by atoms with E-state index in [2.05, 4.69) is 10.1 Å². The first-order valence-electron chi connectivity index (χ1n) is 6.54. The largest absolute Gasteiger partial charge is 0.398 e. The number of rotatable bonds is 4. The minimum atomic E-state index is 0.521. The predicted molar refractivity (Wildman–Crippen MR) is 70.6 cm³/mol. The number of nitrogens with zero attached hydrogens (tertiary/aromatic N) is 2. The van der Waals surface area contributed by atoms with E-state index in [4.69, 9.17) is 15.0 Å². The molecule has 0 aliphatic carbocycles. The van der Waals surface area contributed by atoms with Gasteiger partial charge in [-0.2, -0.15) is 4.98 Å². The third-order valence-corrected chi connectivity index (χ3v) is 3.40. The number of benzene rings is 1. The minimum absolute atomic E-state index is 0.521. The van der Waals surface area contributed by atoms with Gasteiger partial charge in [0.1, 0.15) is 0 Å². The van der Waals surface area contributed by atoms with E-state index in [-0.39, 0.29) is 0 Å². The molecule has 100 valence electrons. The summed E-state index contributed by atoms with van der Waals surface area (Å²) < 4.78 is 10.6. The highest BCUT2D eigenvalue weighted by molar-refractivity contribution is 5.47. The van der Waals surface area contributed by atoms with Crippen molar-refractivity contribution in [3.63, 3.8) is 0 Å². The lowest BCUT2D eigenvalue weighted by Crippen LogP contribution is -2.05. The molecule has 0 radical (unpaired) electrons. The smallest absolute Gasteiger partial charge is 0.231 e. The average Bonchev–Trinajstić information content (AvgIpc) is 3.05. The minimum Gasteiger partial charge on any atom is -0.398 e. The summed E-state index contributed by atoms with van der Waals surface area (Å²) in [6, 6.07) is 7.73. The van der Waals surface area contributed by atoms with Gasteiger partial charge >= 0.3 is 0 Å². The van der Waals surface area contributed by atoms with E-state index in [1.165, 1.54) is 0 Å². The van der Waals surface area contributed by atoms with Gasteiger partial charge in [-0.15, -0.1) is 0 Å². The van der Waals surface area contributed by atoms with E-state index >= 15 is 0 Å². The van der Waals surface area contributed by atoms with E-state index in [1.54, 1.807) is 0 Å². The van der Waals surface area contributed by atoms with Crippen LogP contribution in [0.5, 0.6) is 0 Å². The van der Waals surface area contributed by atoms with E-state index in [0.717, 1.165) is 43.1 Å². The maximum absolute atomic E-state index is 5.90. The lowest BCUT2D eigenvalue weighted by molar-refractivity contribution is 0.185. The molecule has 1 aliphatic heterocycles. The Balaban J connectivity index is 1.66. The summed E-state index contributed by atoms with van der Waals surface area (Å²) in [5, 5.41) is 4.02. The van der Waals surface area contributed by atoms with Crippen LogP contribution in [0.3, 0.4) is 0 Å². The number of nitrogens with two attached hydrogens (primary N) is 1. The molecule has 3 rings (SSSR count). The van der Waals surface area contributed by atoms with Gasteiger partial charge in [0, 0.05) is 25.3 Å². The molecule has 1 unspecified atom stereocenters. The van der Waals surface area contributed by atoms with Crippen LogP contribution in [0, 0.1) is 5.92 Å². The molecular weight excluding hydrogens is 242 g/mol. The molecule has 1 fully saturated rings. The van der Waals surface area contributed by atoms with E-state index in [0.29, 0.717) is 18.2 Å². The van der Waals surface area contributed by atoms with Crippen LogP contribution in [0.15, 0.2) is 28.8 Å². The van der Waals surface area contributed by atoms with Crippen LogP contribution < -0.4 is 5.73 Å². The van der Waals surface area contributed by atoms with Crippen LogP contribution in [-0.2, 0) is 17.6 Å². The van der Waals surface area contributed by atoms with Crippen molar-refractivity contribution >= 4 is 5.69 Å². The first-order chi connectivity index (χ1) is 9.31. The molecule has 1 aromatic carbocycles. The topological polar surface area (TPSA) is 74.2 Å². The summed E-state index contributed by atoms with van der Waals surface area (Å²) in [4.78, 5) is 4.42. The highest BCUT2D eigenvalue weighted by atomic mass is 16.5. The number of anilines is 1. The van der Waals surface area contributed by atoms with Gasteiger partial charge in [-0.05, 0) is 24.0 Å². The van der Waals surface area contributed by atoms with E-state index < -0.39 is 0 Å². The molecule has 0 amide bonds. The summed E-state index contributed by atoms with van der Waals surface area (Å²) in [5.41, 5.74) is 7.67. The Bertz CT molecular complexity index is 547. The Kier molecular flexibility index (Phi) is 3.46. The molecule has 0 spiro atoms. The van der Waals surface area contributed by atoms with Gasteiger partial charge in [0.2, 0.25) is 5.89 Å². The molecule has 2 aromatic rings. The fourth-order valence-electron chi connectivity index (χ4n) is 2.31. The van der Waals surface area contributed by atoms with Crippen molar-refractivity contribution in [1.82, 2.24) is 10.1 Å². The Labute approximate surface area is 111 Å². The molecule has 1 aromatic heterocycles. The second-order valence-corrected chi connectivity index (χ2v) is 4.91. The molecule has 5 nitrogen and oxygen atoms in total. The molecule has 1 atom stereocenters. The van der Waals surface area contributed by atoms with Crippen molar-refractivity contribution in [1.29, 1.82) is 0 Å². The average molecular weight is 259 g/mol. The van der Waals surface area contributed by atoms with Crippen LogP contribution in [0.1, 0.15) is 23.7 Å². The van der Waals surface area contributed by atoms with Gasteiger partial charge in [-0.1, -0.05) is 23.4 Å². The van der Waals surface area contributed by atoms with Crippen LogP contribution in [-0.4, -0.2) is 23.4 Å². The number of nitrogen functional groups attached to an aromatic ring is 1. The highest BCUT2D eigenvalue weighted by Crippen LogP contribution is 2.18. The standard InChI is InChI=1S/C14H17N3O2/c15-12-4-2-1-3-11(12)8-14-16-13(17-19-14)7-10-5-6-18-9-10/h1-4,10H,5-9,15H2. The molecule has 1 saturated heterocycles. The predicted octanol–water partition coefficient (Wildman–Crippen LogP) is 1.82. The van der Waals surface area contributed by atoms with Crippen molar-refractivity contribution in [2.45, 2.75) is 19.3 Å². The summed E-state index contributed by atoms with van der Waals surface area (Å²) in [6.07, 6.45) is 2.49. The van der Waals surface area contributed by atoms with Gasteiger partial charge in [-0.25, -0.2) is 0 Å². The first kappa shape index (κ1) is 12.2. The number of para-hydroxylation sites is 1. The van der Waals surface area contributed by atoms with Gasteiger partial charge in [-0.3, -0.25) is 0 Å². The fourth-order valence-corrected chi connectivity index (χ4v) is 2.31. The van der Waals surface area contributed by atoms with Gasteiger partial charge < -0.3 is 15.0 Å². The normalized spacial score (nSPS) is 18.8. The summed E-state index contributed by atoms with van der Waals surface area (Å²) in [7, 11) is 0. The zero-order valence-electron chi connectivity index (χ0n) is 10.7. The Morgan fingerprint density at radius 1 is 1.32 bits per heavy atom. The number of ether oxygens (including phenoxy) is 1. The number of hydrogen-bond acceptors (Lipinski definition) is 5. The van der Waals surface area contributed by atoms with Gasteiger partial charge in [0.15, 0.2) is 5.82 Å². The lowest BCUT2D eigenvalue weighted by Gasteiger charge is -2.01. The van der Waals surface area contributed by atoms with Crippen LogP contribution >= 0.6 is 0 Å². The molecule has 2 heterocycles. The Hall–Kier alpha value is -1.88. The van der Waals surface area contributed by atoms with E-state index in [9.17, 15) is 0 Å². The fraction of sp³-hybridized carbons (Fsp3) is 0.429. The molecule has 0 bridgehead atoms. The second-order valence-electron chi connectivity index (χ2n) is 4.91. The van der Waals surface area contributed by atoms with Crippen LogP contribution in [0.4, 0.5) is 5.69 Å². The summed E-state index contributed by atoms with van der Waals surface area (Å²) in [6.45, 7) is 1.64. The third-order valence-electron chi connectivity index (χ3n) is 3.40. The van der Waals surface area contributed by atoms with Gasteiger partial charge in [0.05, 0.1) is 6.42 Å². The van der Waals surface area contributed by atoms with Crippen molar-refractivity contribution in [3.05, 3.63) is 41.5 Å². The number of hydrogen-bond donors (Lipinski definition) is 1. The molecule has 2 N–H and O–H groups in total.